The third kappa shape index (κ3) is 5.81. The number of esters is 1. The zero-order valence-electron chi connectivity index (χ0n) is 21.2. The quantitative estimate of drug-likeness (QED) is 0.347. The van der Waals surface area contributed by atoms with Crippen LogP contribution in [0.2, 0.25) is 10.0 Å². The Morgan fingerprint density at radius 1 is 1.13 bits per heavy atom. The van der Waals surface area contributed by atoms with Gasteiger partial charge in [0.25, 0.3) is 5.56 Å². The molecule has 1 aliphatic rings. The molecule has 0 aliphatic carbocycles. The third-order valence-corrected chi connectivity index (χ3v) is 7.17. The Morgan fingerprint density at radius 2 is 1.82 bits per heavy atom. The number of benzene rings is 2. The number of methoxy groups -OCH3 is 1. The first-order chi connectivity index (χ1) is 18.8. The van der Waals surface area contributed by atoms with Crippen LogP contribution in [-0.4, -0.2) is 37.5 Å². The molecule has 0 unspecified atom stereocenters. The number of nitrogens with zero attached hydrogens (tertiary/aromatic N) is 3. The van der Waals surface area contributed by atoms with Gasteiger partial charge >= 0.3 is 5.97 Å². The number of carbonyl (C=O) groups is 1. The van der Waals surface area contributed by atoms with Crippen LogP contribution in [0.25, 0.3) is 6.08 Å². The van der Waals surface area contributed by atoms with Crippen LogP contribution in [0.5, 0.6) is 17.2 Å². The first kappa shape index (κ1) is 28.2. The molecule has 12 heteroatoms. The smallest absolute Gasteiger partial charge is 0.337 e. The maximum atomic E-state index is 13.7. The average Bonchev–Trinajstić information content (AvgIpc) is 3.23. The van der Waals surface area contributed by atoms with Gasteiger partial charge in [-0.25, -0.2) is 9.79 Å². The highest BCUT2D eigenvalue weighted by Gasteiger charge is 2.31. The largest absolute Gasteiger partial charge is 0.490 e. The van der Waals surface area contributed by atoms with E-state index >= 15 is 0 Å². The van der Waals surface area contributed by atoms with Crippen molar-refractivity contribution in [3.63, 3.8) is 0 Å². The summed E-state index contributed by atoms with van der Waals surface area (Å²) in [5, 5.41) is 9.15. The van der Waals surface area contributed by atoms with E-state index in [2.05, 4.69) is 4.99 Å². The van der Waals surface area contributed by atoms with E-state index in [1.165, 1.54) is 17.9 Å². The van der Waals surface area contributed by atoms with E-state index in [-0.39, 0.29) is 33.5 Å². The summed E-state index contributed by atoms with van der Waals surface area (Å²) in [5.41, 5.74) is 0.976. The Hall–Kier alpha value is -3.78. The minimum Gasteiger partial charge on any atom is -0.490 e. The summed E-state index contributed by atoms with van der Waals surface area (Å²) >= 11 is 13.8. The Morgan fingerprint density at radius 3 is 2.46 bits per heavy atom. The summed E-state index contributed by atoms with van der Waals surface area (Å²) < 4.78 is 23.5. The molecule has 0 bridgehead atoms. The summed E-state index contributed by atoms with van der Waals surface area (Å²) in [6.45, 7) is 4.36. The van der Waals surface area contributed by atoms with Gasteiger partial charge in [0, 0.05) is 6.20 Å². The number of rotatable bonds is 9. The molecule has 2 heterocycles. The van der Waals surface area contributed by atoms with Crippen LogP contribution in [0.1, 0.15) is 31.0 Å². The highest BCUT2D eigenvalue weighted by Crippen LogP contribution is 2.36. The van der Waals surface area contributed by atoms with Crippen LogP contribution in [0.3, 0.4) is 0 Å². The van der Waals surface area contributed by atoms with Crippen molar-refractivity contribution < 1.29 is 23.7 Å². The van der Waals surface area contributed by atoms with Crippen LogP contribution < -0.4 is 29.1 Å². The lowest BCUT2D eigenvalue weighted by Crippen LogP contribution is -2.39. The van der Waals surface area contributed by atoms with Crippen molar-refractivity contribution in [2.45, 2.75) is 19.9 Å². The van der Waals surface area contributed by atoms with Gasteiger partial charge in [-0.05, 0) is 55.3 Å². The van der Waals surface area contributed by atoms with Gasteiger partial charge in [-0.3, -0.25) is 9.36 Å². The predicted octanol–water partition coefficient (Wildman–Crippen LogP) is 4.02. The highest BCUT2D eigenvalue weighted by molar-refractivity contribution is 7.07. The molecular formula is C27H23Cl2N3O6S. The van der Waals surface area contributed by atoms with E-state index in [0.717, 1.165) is 11.3 Å². The number of hydrogen-bond acceptors (Lipinski definition) is 9. The first-order valence-corrected chi connectivity index (χ1v) is 13.4. The van der Waals surface area contributed by atoms with Crippen molar-refractivity contribution in [3.8, 4) is 23.3 Å². The first-order valence-electron chi connectivity index (χ1n) is 11.8. The van der Waals surface area contributed by atoms with Gasteiger partial charge in [0.15, 0.2) is 28.7 Å². The zero-order valence-corrected chi connectivity index (χ0v) is 23.5. The van der Waals surface area contributed by atoms with Gasteiger partial charge in [0.1, 0.15) is 6.07 Å². The van der Waals surface area contributed by atoms with Crippen LogP contribution in [-0.2, 0) is 9.53 Å². The highest BCUT2D eigenvalue weighted by atomic mass is 35.5. The topological polar surface area (TPSA) is 112 Å². The van der Waals surface area contributed by atoms with Gasteiger partial charge in [-0.2, -0.15) is 5.26 Å². The molecule has 0 spiro atoms. The number of fused-ring (bicyclic) bond motifs is 1. The molecule has 0 saturated carbocycles. The molecule has 9 nitrogen and oxygen atoms in total. The minimum atomic E-state index is -0.820. The molecule has 202 valence electrons. The van der Waals surface area contributed by atoms with Crippen LogP contribution in [0.15, 0.2) is 51.9 Å². The standard InChI is InChI=1S/C27H23Cl2N3O6S/c1-4-36-20-7-6-16(13-21(20)37-5-2)23-17(26(34)35-3)14-31-27-32(23)25(33)22(39-27)12-15-10-18(28)24(19(29)11-15)38-9-8-30/h6-7,10-14,23H,4-5,9H2,1-3H3/b22-12-/t23-/m0/s1. The van der Waals surface area contributed by atoms with Gasteiger partial charge in [0.2, 0.25) is 0 Å². The maximum absolute atomic E-state index is 13.7. The molecule has 0 N–H and O–H groups in total. The van der Waals surface area contributed by atoms with Crippen molar-refractivity contribution >= 4 is 46.6 Å². The molecule has 39 heavy (non-hydrogen) atoms. The maximum Gasteiger partial charge on any atom is 0.337 e. The summed E-state index contributed by atoms with van der Waals surface area (Å²) in [6.07, 6.45) is 3.04. The van der Waals surface area contributed by atoms with E-state index in [9.17, 15) is 9.59 Å². The van der Waals surface area contributed by atoms with Crippen molar-refractivity contribution in [2.24, 2.45) is 4.99 Å². The average molecular weight is 588 g/mol. The molecule has 2 aromatic carbocycles. The van der Waals surface area contributed by atoms with Crippen molar-refractivity contribution in [2.75, 3.05) is 26.9 Å². The Kier molecular flexibility index (Phi) is 8.97. The molecule has 4 rings (SSSR count). The second-order valence-corrected chi connectivity index (χ2v) is 9.83. The van der Waals surface area contributed by atoms with Crippen molar-refractivity contribution in [1.82, 2.24) is 4.57 Å². The lowest BCUT2D eigenvalue weighted by molar-refractivity contribution is -0.136. The molecule has 3 aromatic rings. The molecule has 1 atom stereocenters. The monoisotopic (exact) mass is 587 g/mol. The fourth-order valence-electron chi connectivity index (χ4n) is 4.04. The molecule has 0 amide bonds. The van der Waals surface area contributed by atoms with Gasteiger partial charge < -0.3 is 18.9 Å². The molecule has 0 saturated heterocycles. The molecular weight excluding hydrogens is 565 g/mol. The number of halogens is 2. The SMILES string of the molecule is CCOc1ccc([C@H]2C(C(=O)OC)=CN=c3s/c(=C\c4cc(Cl)c(OCC#N)c(Cl)c4)c(=O)n32)cc1OCC. The normalized spacial score (nSPS) is 14.5. The molecule has 1 aromatic heterocycles. The number of thiazole rings is 1. The molecule has 0 radical (unpaired) electrons. The van der Waals surface area contributed by atoms with Crippen molar-refractivity contribution in [1.29, 1.82) is 5.26 Å². The number of carbonyl (C=O) groups excluding carboxylic acids is 1. The Bertz CT molecular complexity index is 1650. The van der Waals surface area contributed by atoms with Crippen LogP contribution in [0.4, 0.5) is 0 Å². The van der Waals surface area contributed by atoms with Crippen molar-refractivity contribution in [3.05, 3.63) is 83.0 Å². The van der Waals surface area contributed by atoms with E-state index in [1.54, 1.807) is 36.4 Å². The molecule has 0 fully saturated rings. The number of nitriles is 1. The van der Waals surface area contributed by atoms with E-state index in [1.807, 2.05) is 19.9 Å². The van der Waals surface area contributed by atoms with Crippen LogP contribution in [0, 0.1) is 11.3 Å². The lowest BCUT2D eigenvalue weighted by Gasteiger charge is -2.23. The zero-order chi connectivity index (χ0) is 28.1. The number of hydrogen-bond donors (Lipinski definition) is 0. The Labute approximate surface area is 237 Å². The van der Waals surface area contributed by atoms with Crippen LogP contribution >= 0.6 is 34.5 Å². The fraction of sp³-hybridized carbons (Fsp3) is 0.259. The Balaban J connectivity index is 1.87. The fourth-order valence-corrected chi connectivity index (χ4v) is 5.63. The third-order valence-electron chi connectivity index (χ3n) is 5.61. The second kappa shape index (κ2) is 12.4. The summed E-state index contributed by atoms with van der Waals surface area (Å²) in [6, 6.07) is 9.47. The predicted molar refractivity (Wildman–Crippen MR) is 148 cm³/mol. The van der Waals surface area contributed by atoms with Gasteiger partial charge in [0.05, 0.1) is 46.5 Å². The lowest BCUT2D eigenvalue weighted by atomic mass is 9.97. The van der Waals surface area contributed by atoms with E-state index in [4.69, 9.17) is 47.4 Å². The van der Waals surface area contributed by atoms with E-state index < -0.39 is 12.0 Å². The second-order valence-electron chi connectivity index (χ2n) is 8.01. The summed E-state index contributed by atoms with van der Waals surface area (Å²) in [4.78, 5) is 31.2. The summed E-state index contributed by atoms with van der Waals surface area (Å²) in [7, 11) is 1.27. The van der Waals surface area contributed by atoms with E-state index in [0.29, 0.717) is 45.2 Å². The summed E-state index contributed by atoms with van der Waals surface area (Å²) in [5.74, 6) is 0.608. The number of aromatic nitrogens is 1. The van der Waals surface area contributed by atoms with Gasteiger partial charge in [-0.15, -0.1) is 0 Å². The minimum absolute atomic E-state index is 0.182. The molecule has 1 aliphatic heterocycles. The van der Waals surface area contributed by atoms with Gasteiger partial charge in [-0.1, -0.05) is 40.6 Å². The number of ether oxygens (including phenoxy) is 4.